The van der Waals surface area contributed by atoms with E-state index >= 15 is 0 Å². The highest BCUT2D eigenvalue weighted by Crippen LogP contribution is 2.33. The summed E-state index contributed by atoms with van der Waals surface area (Å²) in [4.78, 5) is 8.25. The molecule has 2 aromatic rings. The van der Waals surface area contributed by atoms with E-state index in [9.17, 15) is 0 Å². The van der Waals surface area contributed by atoms with Gasteiger partial charge < -0.3 is 0 Å². The average molecular weight is 280 g/mol. The Labute approximate surface area is 109 Å². The second-order valence-corrected chi connectivity index (χ2v) is 5.71. The Balaban J connectivity index is 0.00000112. The molecule has 0 aliphatic rings. The summed E-state index contributed by atoms with van der Waals surface area (Å²) in [7, 11) is 0. The van der Waals surface area contributed by atoms with E-state index < -0.39 is 0 Å². The average Bonchev–Trinajstić information content (AvgIpc) is 2.71. The highest BCUT2D eigenvalue weighted by atomic mass is 35.5. The number of nitrogens with zero attached hydrogens (tertiary/aromatic N) is 1. The van der Waals surface area contributed by atoms with Crippen LogP contribution < -0.4 is 0 Å². The molecule has 0 radical (unpaired) electrons. The van der Waals surface area contributed by atoms with Gasteiger partial charge in [0, 0.05) is 9.75 Å². The molecule has 0 bridgehead atoms. The van der Waals surface area contributed by atoms with Gasteiger partial charge in [0.05, 0.1) is 16.5 Å². The van der Waals surface area contributed by atoms with Crippen LogP contribution in [0.4, 0.5) is 0 Å². The molecule has 0 spiro atoms. The Morgan fingerprint density at radius 2 is 2.00 bits per heavy atom. The molecule has 1 nitrogen and oxygen atoms in total. The van der Waals surface area contributed by atoms with Gasteiger partial charge in [-0.1, -0.05) is 0 Å². The molecule has 0 saturated heterocycles. The lowest BCUT2D eigenvalue weighted by atomic mass is 10.4. The van der Waals surface area contributed by atoms with Crippen LogP contribution in [0.25, 0.3) is 9.88 Å². The van der Waals surface area contributed by atoms with Crippen molar-refractivity contribution in [3.05, 3.63) is 27.6 Å². The summed E-state index contributed by atoms with van der Waals surface area (Å²) in [5.74, 6) is 0.563. The molecule has 5 heteroatoms. The number of hydrogen-bond donors (Lipinski definition) is 0. The third kappa shape index (κ3) is 2.72. The Kier molecular flexibility index (Phi) is 4.59. The van der Waals surface area contributed by atoms with E-state index in [1.807, 2.05) is 6.92 Å². The first kappa shape index (κ1) is 13.0. The van der Waals surface area contributed by atoms with Crippen molar-refractivity contribution in [1.82, 2.24) is 4.98 Å². The molecule has 15 heavy (non-hydrogen) atoms. The zero-order valence-corrected chi connectivity index (χ0v) is 11.6. The summed E-state index contributed by atoms with van der Waals surface area (Å²) < 4.78 is 0. The minimum absolute atomic E-state index is 0. The number of halogens is 2. The molecule has 0 aliphatic carbocycles. The van der Waals surface area contributed by atoms with Crippen molar-refractivity contribution in [1.29, 1.82) is 0 Å². The first-order chi connectivity index (χ1) is 6.70. The molecule has 0 aromatic carbocycles. The fourth-order valence-electron chi connectivity index (χ4n) is 1.21. The predicted molar refractivity (Wildman–Crippen MR) is 71.7 cm³/mol. The van der Waals surface area contributed by atoms with E-state index in [0.29, 0.717) is 5.88 Å². The van der Waals surface area contributed by atoms with Gasteiger partial charge >= 0.3 is 0 Å². The molecule has 0 atom stereocenters. The van der Waals surface area contributed by atoms with Gasteiger partial charge in [0.2, 0.25) is 0 Å². The highest BCUT2D eigenvalue weighted by molar-refractivity contribution is 7.21. The monoisotopic (exact) mass is 279 g/mol. The maximum atomic E-state index is 5.81. The minimum atomic E-state index is 0. The Morgan fingerprint density at radius 1 is 1.27 bits per heavy atom. The van der Waals surface area contributed by atoms with Crippen LogP contribution in [0.3, 0.4) is 0 Å². The molecule has 0 saturated carbocycles. The fourth-order valence-corrected chi connectivity index (χ4v) is 3.40. The number of aryl methyl sites for hydroxylation is 2. The fraction of sp³-hybridized carbons (Fsp3) is 0.300. The maximum Gasteiger partial charge on any atom is 0.133 e. The highest BCUT2D eigenvalue weighted by Gasteiger charge is 2.09. The predicted octanol–water partition coefficient (Wildman–Crippen LogP) is 4.65. The molecule has 0 amide bonds. The third-order valence-corrected chi connectivity index (χ3v) is 4.72. The largest absolute Gasteiger partial charge is 0.240 e. The van der Waals surface area contributed by atoms with Crippen LogP contribution in [0.15, 0.2) is 12.1 Å². The third-order valence-electron chi connectivity index (χ3n) is 1.97. The van der Waals surface area contributed by atoms with E-state index in [0.717, 1.165) is 10.7 Å². The van der Waals surface area contributed by atoms with Crippen molar-refractivity contribution < 1.29 is 0 Å². The summed E-state index contributed by atoms with van der Waals surface area (Å²) >= 11 is 9.28. The molecular formula is C10H11Cl2NS2. The zero-order chi connectivity index (χ0) is 10.1. The van der Waals surface area contributed by atoms with Crippen LogP contribution in [0.2, 0.25) is 0 Å². The summed E-state index contributed by atoms with van der Waals surface area (Å²) in [5, 5.41) is 1.09. The topological polar surface area (TPSA) is 12.9 Å². The second kappa shape index (κ2) is 5.30. The SMILES string of the molecule is Cc1ccc(-c2nc(C)c(CCl)s2)s1.Cl. The van der Waals surface area contributed by atoms with Gasteiger partial charge in [-0.15, -0.1) is 46.7 Å². The van der Waals surface area contributed by atoms with Crippen LogP contribution in [-0.4, -0.2) is 4.98 Å². The maximum absolute atomic E-state index is 5.81. The van der Waals surface area contributed by atoms with E-state index in [-0.39, 0.29) is 12.4 Å². The van der Waals surface area contributed by atoms with Gasteiger partial charge in [-0.3, -0.25) is 0 Å². The molecule has 0 N–H and O–H groups in total. The van der Waals surface area contributed by atoms with E-state index in [2.05, 4.69) is 24.0 Å². The summed E-state index contributed by atoms with van der Waals surface area (Å²) in [6, 6.07) is 4.24. The first-order valence-electron chi connectivity index (χ1n) is 4.30. The Bertz CT molecular complexity index is 448. The van der Waals surface area contributed by atoms with Crippen LogP contribution in [-0.2, 0) is 5.88 Å². The minimum Gasteiger partial charge on any atom is -0.240 e. The number of rotatable bonds is 2. The number of alkyl halides is 1. The van der Waals surface area contributed by atoms with Crippen molar-refractivity contribution in [3.63, 3.8) is 0 Å². The molecule has 2 aromatic heterocycles. The van der Waals surface area contributed by atoms with Crippen LogP contribution in [0.5, 0.6) is 0 Å². The van der Waals surface area contributed by atoms with Crippen molar-refractivity contribution in [2.24, 2.45) is 0 Å². The molecule has 2 heterocycles. The lowest BCUT2D eigenvalue weighted by Gasteiger charge is -1.85. The normalized spacial score (nSPS) is 10.1. The molecule has 0 aliphatic heterocycles. The lowest BCUT2D eigenvalue weighted by molar-refractivity contribution is 1.22. The van der Waals surface area contributed by atoms with Crippen LogP contribution in [0.1, 0.15) is 15.4 Å². The van der Waals surface area contributed by atoms with Gasteiger partial charge in [-0.05, 0) is 26.0 Å². The summed E-state index contributed by atoms with van der Waals surface area (Å²) in [5.41, 5.74) is 1.06. The van der Waals surface area contributed by atoms with Gasteiger partial charge in [0.25, 0.3) is 0 Å². The standard InChI is InChI=1S/C10H10ClNS2.ClH/c1-6-3-4-8(13-6)10-12-7(2)9(5-11)14-10;/h3-4H,5H2,1-2H3;1H. The van der Waals surface area contributed by atoms with E-state index in [4.69, 9.17) is 11.6 Å². The van der Waals surface area contributed by atoms with Gasteiger partial charge in [-0.2, -0.15) is 0 Å². The quantitative estimate of drug-likeness (QED) is 0.730. The van der Waals surface area contributed by atoms with Crippen LogP contribution in [0, 0.1) is 13.8 Å². The molecule has 0 fully saturated rings. The first-order valence-corrected chi connectivity index (χ1v) is 6.46. The van der Waals surface area contributed by atoms with Crippen molar-refractivity contribution in [2.75, 3.05) is 0 Å². The number of thiophene rings is 1. The van der Waals surface area contributed by atoms with E-state index in [1.54, 1.807) is 22.7 Å². The van der Waals surface area contributed by atoms with Gasteiger partial charge in [-0.25, -0.2) is 4.98 Å². The number of thiazole rings is 1. The van der Waals surface area contributed by atoms with Crippen LogP contribution >= 0.6 is 46.7 Å². The summed E-state index contributed by atoms with van der Waals surface area (Å²) in [6.45, 7) is 4.12. The van der Waals surface area contributed by atoms with E-state index in [1.165, 1.54) is 14.6 Å². The molecular weight excluding hydrogens is 269 g/mol. The number of hydrogen-bond acceptors (Lipinski definition) is 3. The molecule has 2 rings (SSSR count). The number of aromatic nitrogens is 1. The summed E-state index contributed by atoms with van der Waals surface area (Å²) in [6.07, 6.45) is 0. The Morgan fingerprint density at radius 3 is 2.47 bits per heavy atom. The lowest BCUT2D eigenvalue weighted by Crippen LogP contribution is -1.75. The molecule has 0 unspecified atom stereocenters. The Hall–Kier alpha value is -0.0900. The van der Waals surface area contributed by atoms with Crippen molar-refractivity contribution in [2.45, 2.75) is 19.7 Å². The van der Waals surface area contributed by atoms with Crippen molar-refractivity contribution in [3.8, 4) is 9.88 Å². The smallest absolute Gasteiger partial charge is 0.133 e. The van der Waals surface area contributed by atoms with Crippen molar-refractivity contribution >= 4 is 46.7 Å². The molecule has 82 valence electrons. The van der Waals surface area contributed by atoms with Gasteiger partial charge in [0.1, 0.15) is 5.01 Å². The van der Waals surface area contributed by atoms with Gasteiger partial charge in [0.15, 0.2) is 0 Å². The second-order valence-electron chi connectivity index (χ2n) is 3.07. The zero-order valence-electron chi connectivity index (χ0n) is 8.41.